The Labute approximate surface area is 159 Å². The normalized spacial score (nSPS) is 1.92. The van der Waals surface area contributed by atoms with E-state index in [0.29, 0.717) is 0 Å². The van der Waals surface area contributed by atoms with E-state index in [9.17, 15) is 0 Å². The van der Waals surface area contributed by atoms with Crippen molar-refractivity contribution >= 4 is 81.5 Å². The largest absolute Gasteiger partial charge is 0.281 e. The van der Waals surface area contributed by atoms with Gasteiger partial charge in [-0.1, -0.05) is 0 Å². The molecular formula is C12O12Rh. The molecule has 0 rings (SSSR count). The van der Waals surface area contributed by atoms with Crippen LogP contribution in [0.15, 0.2) is 0 Å². The van der Waals surface area contributed by atoms with Crippen LogP contribution in [-0.2, 0) is 77.0 Å². The quantitative estimate of drug-likeness (QED) is 0.326. The van der Waals surface area contributed by atoms with Crippen molar-refractivity contribution in [3.63, 3.8) is 0 Å². The van der Waals surface area contributed by atoms with Gasteiger partial charge in [0, 0.05) is 19.5 Å². The van der Waals surface area contributed by atoms with Crippen molar-refractivity contribution in [3.05, 3.63) is 0 Å². The van der Waals surface area contributed by atoms with Crippen molar-refractivity contribution in [3.8, 4) is 0 Å². The van der Waals surface area contributed by atoms with Gasteiger partial charge in [-0.15, -0.1) is 0 Å². The summed E-state index contributed by atoms with van der Waals surface area (Å²) in [5.41, 5.74) is 0. The number of rotatable bonds is 0. The third kappa shape index (κ3) is 646. The fourth-order valence-electron chi connectivity index (χ4n) is 0. The zero-order valence-electron chi connectivity index (χ0n) is 11.2. The minimum Gasteiger partial charge on any atom is -0.281 e. The second-order valence-electron chi connectivity index (χ2n) is 0. The Balaban J connectivity index is -0.00000000569. The molecule has 0 aliphatic rings. The second kappa shape index (κ2) is 718. The van der Waals surface area contributed by atoms with E-state index in [4.69, 9.17) is 57.5 Å². The standard InChI is InChI=1S/12CO.Rh/c12*1-2;. The minimum absolute atomic E-state index is 0. The molecule has 0 aromatic heterocycles. The monoisotopic (exact) mass is 439 g/mol. The molecule has 25 radical (unpaired) electrons. The van der Waals surface area contributed by atoms with Crippen LogP contribution in [0.4, 0.5) is 0 Å². The summed E-state index contributed by atoms with van der Waals surface area (Å²) in [4.78, 5) is 90.0. The van der Waals surface area contributed by atoms with E-state index in [2.05, 4.69) is 81.5 Å². The molecule has 129 valence electrons. The number of carbonyl (C=O) groups excluding carboxylic acids is 12. The van der Waals surface area contributed by atoms with Gasteiger partial charge >= 0.3 is 0 Å². The van der Waals surface area contributed by atoms with Gasteiger partial charge in [0.25, 0.3) is 81.5 Å². The van der Waals surface area contributed by atoms with Crippen molar-refractivity contribution in [1.82, 2.24) is 0 Å². The van der Waals surface area contributed by atoms with E-state index in [1.807, 2.05) is 0 Å². The number of hydrogen-bond donors (Lipinski definition) is 0. The molecule has 25 heavy (non-hydrogen) atoms. The third-order valence-corrected chi connectivity index (χ3v) is 0. The van der Waals surface area contributed by atoms with Crippen LogP contribution in [0.2, 0.25) is 0 Å². The summed E-state index contributed by atoms with van der Waals surface area (Å²) < 4.78 is 0. The zero-order valence-corrected chi connectivity index (χ0v) is 12.9. The Bertz CT molecular complexity index is 73.1. The molecule has 0 unspecified atom stereocenters. The molecular weight excluding hydrogens is 439 g/mol. The first-order chi connectivity index (χ1) is 12.0. The minimum atomic E-state index is 0. The second-order valence-corrected chi connectivity index (χ2v) is 0. The molecule has 0 aliphatic heterocycles. The summed E-state index contributed by atoms with van der Waals surface area (Å²) in [7, 11) is 0. The van der Waals surface area contributed by atoms with Gasteiger partial charge in [-0.2, -0.15) is 0 Å². The van der Waals surface area contributed by atoms with E-state index in [0.717, 1.165) is 0 Å². The molecule has 0 aromatic rings. The van der Waals surface area contributed by atoms with Crippen molar-refractivity contribution in [2.75, 3.05) is 0 Å². The summed E-state index contributed by atoms with van der Waals surface area (Å²) in [6.07, 6.45) is 0. The van der Waals surface area contributed by atoms with Crippen LogP contribution in [0.3, 0.4) is 0 Å². The Kier molecular flexibility index (Phi) is 3540. The first-order valence-electron chi connectivity index (χ1n) is 2.45. The molecule has 0 amide bonds. The van der Waals surface area contributed by atoms with Crippen LogP contribution in [0.1, 0.15) is 0 Å². The Morgan fingerprint density at radius 1 is 0.160 bits per heavy atom. The summed E-state index contributed by atoms with van der Waals surface area (Å²) in [5, 5.41) is 0. The molecule has 0 fully saturated rings. The van der Waals surface area contributed by atoms with Crippen LogP contribution in [0.5, 0.6) is 0 Å². The van der Waals surface area contributed by atoms with E-state index in [1.165, 1.54) is 0 Å². The van der Waals surface area contributed by atoms with Crippen molar-refractivity contribution in [2.24, 2.45) is 0 Å². The summed E-state index contributed by atoms with van der Waals surface area (Å²) >= 11 is 0. The Morgan fingerprint density at radius 3 is 0.160 bits per heavy atom. The molecule has 0 spiro atoms. The molecule has 0 aromatic carbocycles. The van der Waals surface area contributed by atoms with Gasteiger partial charge in [-0.3, -0.25) is 57.5 Å². The van der Waals surface area contributed by atoms with E-state index in [-0.39, 0.29) is 19.5 Å². The first-order valence-corrected chi connectivity index (χ1v) is 2.45. The number of hydrogen-bond acceptors (Lipinski definition) is 12. The zero-order chi connectivity index (χ0) is 24.0. The third-order valence-electron chi connectivity index (χ3n) is 0. The van der Waals surface area contributed by atoms with Crippen LogP contribution < -0.4 is 0 Å². The maximum atomic E-state index is 7.50. The maximum Gasteiger partial charge on any atom is 0.281 e. The van der Waals surface area contributed by atoms with Crippen molar-refractivity contribution in [2.45, 2.75) is 0 Å². The predicted octanol–water partition coefficient (Wildman–Crippen LogP) is -4.77. The van der Waals surface area contributed by atoms with Gasteiger partial charge in [-0.25, -0.2) is 0 Å². The predicted molar refractivity (Wildman–Crippen MR) is 68.3 cm³/mol. The molecule has 0 saturated heterocycles. The average molecular weight is 439 g/mol. The van der Waals surface area contributed by atoms with Crippen molar-refractivity contribution < 1.29 is 77.0 Å². The first kappa shape index (κ1) is 123. The topological polar surface area (TPSA) is 205 Å². The average Bonchev–Trinajstić information content (AvgIpc) is 2.84. The molecule has 0 atom stereocenters. The Hall–Kier alpha value is -3.34. The van der Waals surface area contributed by atoms with Gasteiger partial charge in [0.1, 0.15) is 0 Å². The van der Waals surface area contributed by atoms with Crippen LogP contribution >= 0.6 is 0 Å². The molecule has 0 aliphatic carbocycles. The van der Waals surface area contributed by atoms with Crippen LogP contribution in [0, 0.1) is 0 Å². The molecule has 0 saturated carbocycles. The maximum absolute atomic E-state index is 7.50. The van der Waals surface area contributed by atoms with E-state index >= 15 is 0 Å². The molecule has 0 heterocycles. The SMILES string of the molecule is [C]=O.[C]=O.[C]=O.[C]=O.[C]=O.[C]=O.[C]=O.[C]=O.[C]=O.[C]=O.[C]=O.[C]=O.[Rh]. The van der Waals surface area contributed by atoms with Gasteiger partial charge < -0.3 is 0 Å². The molecule has 0 bridgehead atoms. The summed E-state index contributed by atoms with van der Waals surface area (Å²) in [6.45, 7) is 54.0. The van der Waals surface area contributed by atoms with Crippen molar-refractivity contribution in [1.29, 1.82) is 0 Å². The molecule has 12 nitrogen and oxygen atoms in total. The summed E-state index contributed by atoms with van der Waals surface area (Å²) in [5.74, 6) is 0. The van der Waals surface area contributed by atoms with E-state index in [1.54, 1.807) is 0 Å². The Morgan fingerprint density at radius 2 is 0.160 bits per heavy atom. The fourth-order valence-corrected chi connectivity index (χ4v) is 0. The van der Waals surface area contributed by atoms with Gasteiger partial charge in [0.05, 0.1) is 0 Å². The fraction of sp³-hybridized carbons (Fsp3) is 0. The van der Waals surface area contributed by atoms with Crippen LogP contribution in [-0.4, -0.2) is 81.5 Å². The summed E-state index contributed by atoms with van der Waals surface area (Å²) in [6, 6.07) is 0. The van der Waals surface area contributed by atoms with Crippen LogP contribution in [0.25, 0.3) is 0 Å². The molecule has 0 N–H and O–H groups in total. The van der Waals surface area contributed by atoms with Gasteiger partial charge in [0.2, 0.25) is 0 Å². The van der Waals surface area contributed by atoms with Gasteiger partial charge in [-0.05, 0) is 0 Å². The smallest absolute Gasteiger partial charge is 0.281 e. The van der Waals surface area contributed by atoms with E-state index < -0.39 is 0 Å². The molecule has 13 heteroatoms. The van der Waals surface area contributed by atoms with Gasteiger partial charge in [0.15, 0.2) is 0 Å².